The number of benzene rings is 1. The maximum Gasteiger partial charge on any atom is 0.244 e. The van der Waals surface area contributed by atoms with E-state index in [1.165, 1.54) is 6.42 Å². The van der Waals surface area contributed by atoms with Crippen LogP contribution in [0, 0.1) is 0 Å². The second-order valence-electron chi connectivity index (χ2n) is 7.10. The molecule has 0 atom stereocenters. The van der Waals surface area contributed by atoms with Crippen LogP contribution in [0.5, 0.6) is 0 Å². The van der Waals surface area contributed by atoms with Crippen LogP contribution >= 0.6 is 0 Å². The number of nitrogens with one attached hydrogen (secondary N) is 1. The summed E-state index contributed by atoms with van der Waals surface area (Å²) in [4.78, 5) is 28.7. The molecule has 0 aromatic heterocycles. The molecule has 1 aromatic rings. The Hall–Kier alpha value is -2.08. The van der Waals surface area contributed by atoms with Gasteiger partial charge >= 0.3 is 0 Å². The van der Waals surface area contributed by atoms with E-state index < -0.39 is 0 Å². The first-order valence-electron chi connectivity index (χ1n) is 9.64. The maximum absolute atomic E-state index is 12.7. The van der Waals surface area contributed by atoms with E-state index in [-0.39, 0.29) is 24.4 Å². The van der Waals surface area contributed by atoms with Gasteiger partial charge in [0.15, 0.2) is 0 Å². The van der Waals surface area contributed by atoms with Crippen LogP contribution in [0.1, 0.15) is 39.0 Å². The van der Waals surface area contributed by atoms with Crippen molar-refractivity contribution in [1.29, 1.82) is 0 Å². The monoisotopic (exact) mass is 359 g/mol. The highest BCUT2D eigenvalue weighted by atomic mass is 16.5. The van der Waals surface area contributed by atoms with E-state index in [2.05, 4.69) is 10.2 Å². The molecule has 6 heteroatoms. The van der Waals surface area contributed by atoms with Crippen molar-refractivity contribution in [3.05, 3.63) is 24.3 Å². The van der Waals surface area contributed by atoms with Crippen molar-refractivity contribution in [1.82, 2.24) is 4.90 Å². The fraction of sp³-hybridized carbons (Fsp3) is 0.600. The maximum atomic E-state index is 12.7. The Morgan fingerprint density at radius 3 is 2.54 bits per heavy atom. The summed E-state index contributed by atoms with van der Waals surface area (Å²) in [7, 11) is 0. The molecule has 1 aliphatic heterocycles. The van der Waals surface area contributed by atoms with Gasteiger partial charge in [-0.25, -0.2) is 0 Å². The van der Waals surface area contributed by atoms with Crippen LogP contribution in [-0.4, -0.2) is 55.6 Å². The number of para-hydroxylation sites is 2. The summed E-state index contributed by atoms with van der Waals surface area (Å²) in [5.41, 5.74) is 1.81. The fourth-order valence-electron chi connectivity index (χ4n) is 3.89. The van der Waals surface area contributed by atoms with Crippen LogP contribution < -0.4 is 10.2 Å². The van der Waals surface area contributed by atoms with Crippen LogP contribution in [0.15, 0.2) is 24.3 Å². The molecule has 6 nitrogen and oxygen atoms in total. The lowest BCUT2D eigenvalue weighted by Crippen LogP contribution is -2.44. The molecule has 142 valence electrons. The van der Waals surface area contributed by atoms with E-state index in [0.29, 0.717) is 13.2 Å². The number of nitrogens with zero attached hydrogens (tertiary/aromatic N) is 2. The third kappa shape index (κ3) is 4.75. The van der Waals surface area contributed by atoms with Crippen LogP contribution in [0.2, 0.25) is 0 Å². The first-order valence-corrected chi connectivity index (χ1v) is 9.64. The number of hydrogen-bond donors (Lipinski definition) is 1. The van der Waals surface area contributed by atoms with E-state index >= 15 is 0 Å². The highest BCUT2D eigenvalue weighted by molar-refractivity contribution is 5.97. The quantitative estimate of drug-likeness (QED) is 0.878. The molecule has 0 spiro atoms. The zero-order chi connectivity index (χ0) is 18.4. The SMILES string of the molecule is CC(=O)N(CC(=O)Nc1ccccc1N1CCOCC1)C1CCCCC1. The smallest absolute Gasteiger partial charge is 0.244 e. The number of morpholine rings is 1. The second kappa shape index (κ2) is 9.03. The number of hydrogen-bond acceptors (Lipinski definition) is 4. The summed E-state index contributed by atoms with van der Waals surface area (Å²) >= 11 is 0. The normalized spacial score (nSPS) is 18.4. The van der Waals surface area contributed by atoms with Gasteiger partial charge in [0.1, 0.15) is 6.54 Å². The third-order valence-electron chi connectivity index (χ3n) is 5.26. The first kappa shape index (κ1) is 18.7. The lowest BCUT2D eigenvalue weighted by molar-refractivity contribution is -0.135. The minimum Gasteiger partial charge on any atom is -0.378 e. The average Bonchev–Trinajstić information content (AvgIpc) is 2.68. The van der Waals surface area contributed by atoms with Crippen LogP contribution in [0.3, 0.4) is 0 Å². The predicted molar refractivity (Wildman–Crippen MR) is 102 cm³/mol. The van der Waals surface area contributed by atoms with Crippen molar-refractivity contribution in [2.75, 3.05) is 43.1 Å². The summed E-state index contributed by atoms with van der Waals surface area (Å²) in [5, 5.41) is 3.02. The molecule has 1 aliphatic carbocycles. The van der Waals surface area contributed by atoms with Gasteiger partial charge in [-0.2, -0.15) is 0 Å². The van der Waals surface area contributed by atoms with Gasteiger partial charge in [0.2, 0.25) is 11.8 Å². The van der Waals surface area contributed by atoms with Gasteiger partial charge in [0.05, 0.1) is 24.6 Å². The number of anilines is 2. The predicted octanol–water partition coefficient (Wildman–Crippen LogP) is 2.64. The highest BCUT2D eigenvalue weighted by Crippen LogP contribution is 2.27. The largest absolute Gasteiger partial charge is 0.378 e. The minimum absolute atomic E-state index is 0.0199. The van der Waals surface area contributed by atoms with Crippen LogP contribution in [0.4, 0.5) is 11.4 Å². The standard InChI is InChI=1S/C20H29N3O3/c1-16(24)23(17-7-3-2-4-8-17)15-20(25)21-18-9-5-6-10-19(18)22-11-13-26-14-12-22/h5-6,9-10,17H,2-4,7-8,11-15H2,1H3,(H,21,25). The summed E-state index contributed by atoms with van der Waals surface area (Å²) in [6.07, 6.45) is 5.49. The molecule has 2 fully saturated rings. The Labute approximate surface area is 155 Å². The van der Waals surface area contributed by atoms with Crippen molar-refractivity contribution in [2.24, 2.45) is 0 Å². The van der Waals surface area contributed by atoms with Gasteiger partial charge in [-0.15, -0.1) is 0 Å². The van der Waals surface area contributed by atoms with E-state index in [4.69, 9.17) is 4.74 Å². The third-order valence-corrected chi connectivity index (χ3v) is 5.26. The number of rotatable bonds is 5. The Morgan fingerprint density at radius 1 is 1.15 bits per heavy atom. The number of amides is 2. The molecular formula is C20H29N3O3. The van der Waals surface area contributed by atoms with Crippen LogP contribution in [0.25, 0.3) is 0 Å². The molecule has 3 rings (SSSR count). The van der Waals surface area contributed by atoms with Crippen molar-refractivity contribution < 1.29 is 14.3 Å². The zero-order valence-electron chi connectivity index (χ0n) is 15.6. The van der Waals surface area contributed by atoms with Gasteiger partial charge < -0.3 is 19.9 Å². The molecule has 1 saturated carbocycles. The lowest BCUT2D eigenvalue weighted by atomic mass is 9.94. The zero-order valence-corrected chi connectivity index (χ0v) is 15.6. The summed E-state index contributed by atoms with van der Waals surface area (Å²) in [6.45, 7) is 4.70. The first-order chi connectivity index (χ1) is 12.6. The van der Waals surface area contributed by atoms with Crippen molar-refractivity contribution in [3.63, 3.8) is 0 Å². The highest BCUT2D eigenvalue weighted by Gasteiger charge is 2.25. The average molecular weight is 359 g/mol. The lowest BCUT2D eigenvalue weighted by Gasteiger charge is -2.33. The van der Waals surface area contributed by atoms with Crippen molar-refractivity contribution in [2.45, 2.75) is 45.1 Å². The summed E-state index contributed by atoms with van der Waals surface area (Å²) < 4.78 is 5.42. The molecule has 2 aliphatic rings. The van der Waals surface area contributed by atoms with Gasteiger partial charge in [0.25, 0.3) is 0 Å². The van der Waals surface area contributed by atoms with Crippen molar-refractivity contribution in [3.8, 4) is 0 Å². The number of ether oxygens (including phenoxy) is 1. The Bertz CT molecular complexity index is 622. The summed E-state index contributed by atoms with van der Waals surface area (Å²) in [6, 6.07) is 8.03. The number of carbonyl (C=O) groups is 2. The molecule has 1 saturated heterocycles. The molecule has 1 N–H and O–H groups in total. The topological polar surface area (TPSA) is 61.9 Å². The molecule has 1 aromatic carbocycles. The van der Waals surface area contributed by atoms with Gasteiger partial charge in [-0.05, 0) is 25.0 Å². The van der Waals surface area contributed by atoms with E-state index in [0.717, 1.165) is 50.1 Å². The molecule has 0 bridgehead atoms. The summed E-state index contributed by atoms with van der Waals surface area (Å²) in [5.74, 6) is -0.153. The molecule has 1 heterocycles. The van der Waals surface area contributed by atoms with E-state index in [9.17, 15) is 9.59 Å². The Kier molecular flexibility index (Phi) is 6.50. The fourth-order valence-corrected chi connectivity index (χ4v) is 3.89. The molecular weight excluding hydrogens is 330 g/mol. The van der Waals surface area contributed by atoms with Gasteiger partial charge in [-0.3, -0.25) is 9.59 Å². The molecule has 0 radical (unpaired) electrons. The minimum atomic E-state index is -0.133. The Balaban J connectivity index is 1.66. The van der Waals surface area contributed by atoms with Gasteiger partial charge in [0, 0.05) is 26.1 Å². The van der Waals surface area contributed by atoms with E-state index in [1.54, 1.807) is 11.8 Å². The molecule has 26 heavy (non-hydrogen) atoms. The van der Waals surface area contributed by atoms with E-state index in [1.807, 2.05) is 24.3 Å². The van der Waals surface area contributed by atoms with Gasteiger partial charge in [-0.1, -0.05) is 31.4 Å². The van der Waals surface area contributed by atoms with Crippen LogP contribution in [-0.2, 0) is 14.3 Å². The second-order valence-corrected chi connectivity index (χ2v) is 7.10. The number of carbonyl (C=O) groups excluding carboxylic acids is 2. The molecule has 2 amide bonds. The Morgan fingerprint density at radius 2 is 1.85 bits per heavy atom. The van der Waals surface area contributed by atoms with Crippen molar-refractivity contribution >= 4 is 23.2 Å². The molecule has 0 unspecified atom stereocenters.